The third-order valence-electron chi connectivity index (χ3n) is 4.02. The molecular formula is C16H23ClN2O2. The molecule has 0 spiro atoms. The van der Waals surface area contributed by atoms with Crippen LogP contribution in [0.25, 0.3) is 0 Å². The molecule has 0 radical (unpaired) electrons. The highest BCUT2D eigenvalue weighted by atomic mass is 35.5. The molecule has 1 amide bonds. The highest BCUT2D eigenvalue weighted by Crippen LogP contribution is 2.29. The maximum atomic E-state index is 12.0. The molecule has 21 heavy (non-hydrogen) atoms. The molecule has 4 nitrogen and oxygen atoms in total. The second-order valence-electron chi connectivity index (χ2n) is 5.95. The summed E-state index contributed by atoms with van der Waals surface area (Å²) in [5.41, 5.74) is 0.507. The zero-order valence-electron chi connectivity index (χ0n) is 12.4. The summed E-state index contributed by atoms with van der Waals surface area (Å²) >= 11 is 5.89. The number of aliphatic hydroxyl groups is 1. The first kappa shape index (κ1) is 16.3. The normalized spacial score (nSPS) is 18.4. The third kappa shape index (κ3) is 4.70. The SMILES string of the molecule is CC(CC(=O)Nc1cccc(Cl)c1)NC1(CO)CCCC1. The van der Waals surface area contributed by atoms with Crippen LogP contribution in [0.4, 0.5) is 5.69 Å². The van der Waals surface area contributed by atoms with Gasteiger partial charge in [-0.2, -0.15) is 0 Å². The number of carbonyl (C=O) groups excluding carboxylic acids is 1. The Morgan fingerprint density at radius 2 is 2.14 bits per heavy atom. The Kier molecular flexibility index (Phi) is 5.62. The number of benzene rings is 1. The lowest BCUT2D eigenvalue weighted by Gasteiger charge is -2.31. The smallest absolute Gasteiger partial charge is 0.225 e. The van der Waals surface area contributed by atoms with Crippen molar-refractivity contribution in [3.05, 3.63) is 29.3 Å². The van der Waals surface area contributed by atoms with Crippen molar-refractivity contribution >= 4 is 23.2 Å². The lowest BCUT2D eigenvalue weighted by Crippen LogP contribution is -2.51. The van der Waals surface area contributed by atoms with Crippen LogP contribution < -0.4 is 10.6 Å². The molecular weight excluding hydrogens is 288 g/mol. The molecule has 3 N–H and O–H groups in total. The molecule has 1 atom stereocenters. The van der Waals surface area contributed by atoms with Crippen molar-refractivity contribution in [2.24, 2.45) is 0 Å². The van der Waals surface area contributed by atoms with E-state index in [1.54, 1.807) is 18.2 Å². The van der Waals surface area contributed by atoms with Gasteiger partial charge in [0.05, 0.1) is 6.61 Å². The van der Waals surface area contributed by atoms with Crippen LogP contribution in [0.5, 0.6) is 0 Å². The molecule has 1 aliphatic rings. The highest BCUT2D eigenvalue weighted by Gasteiger charge is 2.34. The van der Waals surface area contributed by atoms with Gasteiger partial charge in [-0.05, 0) is 38.0 Å². The molecule has 1 aromatic carbocycles. The van der Waals surface area contributed by atoms with E-state index >= 15 is 0 Å². The average molecular weight is 311 g/mol. The molecule has 0 saturated heterocycles. The minimum absolute atomic E-state index is 0.0226. The molecule has 1 saturated carbocycles. The quantitative estimate of drug-likeness (QED) is 0.757. The summed E-state index contributed by atoms with van der Waals surface area (Å²) in [5, 5.41) is 16.5. The van der Waals surface area contributed by atoms with Gasteiger partial charge in [0.25, 0.3) is 0 Å². The van der Waals surface area contributed by atoms with Gasteiger partial charge in [-0.3, -0.25) is 4.79 Å². The fraction of sp³-hybridized carbons (Fsp3) is 0.562. The van der Waals surface area contributed by atoms with E-state index in [2.05, 4.69) is 10.6 Å². The molecule has 2 rings (SSSR count). The number of aliphatic hydroxyl groups excluding tert-OH is 1. The zero-order chi connectivity index (χ0) is 15.3. The Hall–Kier alpha value is -1.10. The Morgan fingerprint density at radius 1 is 1.43 bits per heavy atom. The van der Waals surface area contributed by atoms with Gasteiger partial charge < -0.3 is 15.7 Å². The van der Waals surface area contributed by atoms with E-state index < -0.39 is 0 Å². The minimum atomic E-state index is -0.199. The van der Waals surface area contributed by atoms with Gasteiger partial charge >= 0.3 is 0 Å². The lowest BCUT2D eigenvalue weighted by atomic mass is 9.97. The molecule has 0 aromatic heterocycles. The van der Waals surface area contributed by atoms with Gasteiger partial charge in [0.1, 0.15) is 0 Å². The van der Waals surface area contributed by atoms with E-state index in [0.29, 0.717) is 17.1 Å². The molecule has 116 valence electrons. The summed E-state index contributed by atoms with van der Waals surface area (Å²) in [7, 11) is 0. The van der Waals surface area contributed by atoms with Crippen LogP contribution >= 0.6 is 11.6 Å². The summed E-state index contributed by atoms with van der Waals surface area (Å²) < 4.78 is 0. The fourth-order valence-corrected chi connectivity index (χ4v) is 3.22. The van der Waals surface area contributed by atoms with E-state index in [9.17, 15) is 9.90 Å². The van der Waals surface area contributed by atoms with Gasteiger partial charge in [-0.15, -0.1) is 0 Å². The number of carbonyl (C=O) groups is 1. The van der Waals surface area contributed by atoms with Crippen LogP contribution in [0.15, 0.2) is 24.3 Å². The first-order chi connectivity index (χ1) is 10.0. The topological polar surface area (TPSA) is 61.4 Å². The van der Waals surface area contributed by atoms with Crippen LogP contribution in [-0.4, -0.2) is 29.2 Å². The van der Waals surface area contributed by atoms with Crippen molar-refractivity contribution in [1.29, 1.82) is 0 Å². The summed E-state index contributed by atoms with van der Waals surface area (Å²) in [6, 6.07) is 7.14. The Balaban J connectivity index is 1.84. The number of hydrogen-bond donors (Lipinski definition) is 3. The number of nitrogens with one attached hydrogen (secondary N) is 2. The predicted molar refractivity (Wildman–Crippen MR) is 85.6 cm³/mol. The molecule has 1 aliphatic carbocycles. The molecule has 0 aliphatic heterocycles. The van der Waals surface area contributed by atoms with Crippen LogP contribution in [-0.2, 0) is 4.79 Å². The van der Waals surface area contributed by atoms with Crippen LogP contribution in [0.1, 0.15) is 39.0 Å². The molecule has 1 unspecified atom stereocenters. The van der Waals surface area contributed by atoms with Crippen LogP contribution in [0, 0.1) is 0 Å². The van der Waals surface area contributed by atoms with Crippen molar-refractivity contribution < 1.29 is 9.90 Å². The Labute approximate surface area is 130 Å². The van der Waals surface area contributed by atoms with Gasteiger partial charge in [0, 0.05) is 28.7 Å². The molecule has 1 fully saturated rings. The predicted octanol–water partition coefficient (Wildman–Crippen LogP) is 2.95. The lowest BCUT2D eigenvalue weighted by molar-refractivity contribution is -0.116. The largest absolute Gasteiger partial charge is 0.394 e. The average Bonchev–Trinajstić information content (AvgIpc) is 2.87. The third-order valence-corrected chi connectivity index (χ3v) is 4.25. The summed E-state index contributed by atoms with van der Waals surface area (Å²) in [6.45, 7) is 2.11. The van der Waals surface area contributed by atoms with Crippen molar-refractivity contribution in [3.63, 3.8) is 0 Å². The number of anilines is 1. The minimum Gasteiger partial charge on any atom is -0.394 e. The summed E-state index contributed by atoms with van der Waals surface area (Å²) in [4.78, 5) is 12.0. The maximum absolute atomic E-state index is 12.0. The fourth-order valence-electron chi connectivity index (χ4n) is 3.03. The first-order valence-electron chi connectivity index (χ1n) is 7.47. The monoisotopic (exact) mass is 310 g/mol. The summed E-state index contributed by atoms with van der Waals surface area (Å²) in [6.07, 6.45) is 4.59. The van der Waals surface area contributed by atoms with Crippen LogP contribution in [0.2, 0.25) is 5.02 Å². The van der Waals surface area contributed by atoms with Crippen molar-refractivity contribution in [2.75, 3.05) is 11.9 Å². The van der Waals surface area contributed by atoms with Crippen molar-refractivity contribution in [1.82, 2.24) is 5.32 Å². The standard InChI is InChI=1S/C16H23ClN2O2/c1-12(19-16(11-20)7-2-3-8-16)9-15(21)18-14-6-4-5-13(17)10-14/h4-6,10,12,19-20H,2-3,7-9,11H2,1H3,(H,18,21). The number of halogens is 1. The maximum Gasteiger partial charge on any atom is 0.225 e. The highest BCUT2D eigenvalue weighted by molar-refractivity contribution is 6.30. The van der Waals surface area contributed by atoms with Gasteiger partial charge in [-0.1, -0.05) is 30.5 Å². The van der Waals surface area contributed by atoms with E-state index in [4.69, 9.17) is 11.6 Å². The van der Waals surface area contributed by atoms with Gasteiger partial charge in [0.15, 0.2) is 0 Å². The van der Waals surface area contributed by atoms with Crippen molar-refractivity contribution in [3.8, 4) is 0 Å². The van der Waals surface area contributed by atoms with E-state index in [1.165, 1.54) is 0 Å². The summed E-state index contributed by atoms with van der Waals surface area (Å²) in [5.74, 6) is -0.0525. The van der Waals surface area contributed by atoms with E-state index in [0.717, 1.165) is 25.7 Å². The zero-order valence-corrected chi connectivity index (χ0v) is 13.1. The second kappa shape index (κ2) is 7.25. The van der Waals surface area contributed by atoms with Gasteiger partial charge in [-0.25, -0.2) is 0 Å². The van der Waals surface area contributed by atoms with Crippen LogP contribution in [0.3, 0.4) is 0 Å². The number of amides is 1. The molecule has 0 bridgehead atoms. The van der Waals surface area contributed by atoms with E-state index in [1.807, 2.05) is 13.0 Å². The second-order valence-corrected chi connectivity index (χ2v) is 6.39. The van der Waals surface area contributed by atoms with Crippen molar-refractivity contribution in [2.45, 2.75) is 50.6 Å². The van der Waals surface area contributed by atoms with Gasteiger partial charge in [0.2, 0.25) is 5.91 Å². The molecule has 5 heteroatoms. The molecule has 0 heterocycles. The number of hydrogen-bond acceptors (Lipinski definition) is 3. The number of rotatable bonds is 6. The Morgan fingerprint density at radius 3 is 2.76 bits per heavy atom. The molecule has 1 aromatic rings. The first-order valence-corrected chi connectivity index (χ1v) is 7.85. The van der Waals surface area contributed by atoms with E-state index in [-0.39, 0.29) is 24.1 Å². The Bertz CT molecular complexity index is 487.